The van der Waals surface area contributed by atoms with Gasteiger partial charge in [-0.3, -0.25) is 10.1 Å². The van der Waals surface area contributed by atoms with Crippen molar-refractivity contribution in [1.29, 1.82) is 0 Å². The zero-order valence-electron chi connectivity index (χ0n) is 17.4. The third-order valence-electron chi connectivity index (χ3n) is 5.02. The molecule has 2 aromatic carbocycles. The Morgan fingerprint density at radius 2 is 1.90 bits per heavy atom. The summed E-state index contributed by atoms with van der Waals surface area (Å²) in [6.45, 7) is 2.47. The fourth-order valence-corrected chi connectivity index (χ4v) is 3.39. The molecule has 0 fully saturated rings. The van der Waals surface area contributed by atoms with E-state index in [9.17, 15) is 20.0 Å². The molecule has 3 rings (SSSR count). The first-order valence-corrected chi connectivity index (χ1v) is 10.2. The molecule has 31 heavy (non-hydrogen) atoms. The van der Waals surface area contributed by atoms with Crippen molar-refractivity contribution in [3.05, 3.63) is 99.1 Å². The molecule has 0 saturated heterocycles. The number of rotatable bonds is 10. The number of non-ortho nitro benzene ring substituents is 1. The number of aryl methyl sites for hydroxylation is 1. The normalized spacial score (nSPS) is 11.5. The number of nitrogens with zero attached hydrogens (tertiary/aromatic N) is 3. The standard InChI is InChI=1S/C24H25N3O4/c1-2-3-12-23-25-16-22(15-20(24(28)29)13-18-8-5-4-6-9-18)26(23)17-19-10-7-11-21(14-19)27(30)31/h4-11,14-16H,2-3,12-13,17H2,1H3,(H,28,29)/b20-15+. The molecule has 0 aliphatic heterocycles. The fourth-order valence-electron chi connectivity index (χ4n) is 3.39. The number of unbranched alkanes of at least 4 members (excludes halogenated alkanes) is 1. The van der Waals surface area contributed by atoms with Crippen LogP contribution in [-0.2, 0) is 24.2 Å². The number of carboxylic acids is 1. The molecule has 7 nitrogen and oxygen atoms in total. The second-order valence-electron chi connectivity index (χ2n) is 7.35. The van der Waals surface area contributed by atoms with E-state index >= 15 is 0 Å². The molecule has 0 saturated carbocycles. The molecule has 1 N–H and O–H groups in total. The topological polar surface area (TPSA) is 98.3 Å². The van der Waals surface area contributed by atoms with Crippen LogP contribution in [0, 0.1) is 10.1 Å². The molecule has 3 aromatic rings. The van der Waals surface area contributed by atoms with E-state index < -0.39 is 10.9 Å². The van der Waals surface area contributed by atoms with Crippen LogP contribution in [0.2, 0.25) is 0 Å². The van der Waals surface area contributed by atoms with Crippen LogP contribution in [0.4, 0.5) is 5.69 Å². The van der Waals surface area contributed by atoms with Crippen molar-refractivity contribution < 1.29 is 14.8 Å². The van der Waals surface area contributed by atoms with E-state index in [-0.39, 0.29) is 11.3 Å². The zero-order chi connectivity index (χ0) is 22.2. The summed E-state index contributed by atoms with van der Waals surface area (Å²) in [7, 11) is 0. The Kier molecular flexibility index (Phi) is 7.32. The predicted molar refractivity (Wildman–Crippen MR) is 119 cm³/mol. The van der Waals surface area contributed by atoms with Gasteiger partial charge in [-0.25, -0.2) is 9.78 Å². The van der Waals surface area contributed by atoms with Gasteiger partial charge in [-0.2, -0.15) is 0 Å². The van der Waals surface area contributed by atoms with Gasteiger partial charge in [-0.15, -0.1) is 0 Å². The second-order valence-corrected chi connectivity index (χ2v) is 7.35. The van der Waals surface area contributed by atoms with Crippen molar-refractivity contribution in [2.45, 2.75) is 39.2 Å². The molecule has 0 amide bonds. The Bertz CT molecular complexity index is 1090. The Morgan fingerprint density at radius 3 is 2.58 bits per heavy atom. The number of benzene rings is 2. The van der Waals surface area contributed by atoms with Crippen molar-refractivity contribution in [1.82, 2.24) is 9.55 Å². The smallest absolute Gasteiger partial charge is 0.331 e. The molecular formula is C24H25N3O4. The summed E-state index contributed by atoms with van der Waals surface area (Å²) in [5.74, 6) is -0.147. The lowest BCUT2D eigenvalue weighted by atomic mass is 10.0. The second kappa shape index (κ2) is 10.3. The minimum Gasteiger partial charge on any atom is -0.478 e. The van der Waals surface area contributed by atoms with E-state index in [0.717, 1.165) is 36.2 Å². The number of hydrogen-bond acceptors (Lipinski definition) is 4. The molecule has 0 bridgehead atoms. The van der Waals surface area contributed by atoms with Crippen molar-refractivity contribution in [3.63, 3.8) is 0 Å². The zero-order valence-corrected chi connectivity index (χ0v) is 17.4. The summed E-state index contributed by atoms with van der Waals surface area (Å²) in [4.78, 5) is 27.1. The van der Waals surface area contributed by atoms with Gasteiger partial charge in [-0.05, 0) is 23.6 Å². The highest BCUT2D eigenvalue weighted by Gasteiger charge is 2.15. The lowest BCUT2D eigenvalue weighted by molar-refractivity contribution is -0.384. The molecule has 1 heterocycles. The van der Waals surface area contributed by atoms with Crippen LogP contribution in [-0.4, -0.2) is 25.6 Å². The highest BCUT2D eigenvalue weighted by atomic mass is 16.6. The highest BCUT2D eigenvalue weighted by molar-refractivity contribution is 5.92. The van der Waals surface area contributed by atoms with Crippen molar-refractivity contribution in [2.24, 2.45) is 0 Å². The maximum atomic E-state index is 11.9. The largest absolute Gasteiger partial charge is 0.478 e. The fraction of sp³-hybridized carbons (Fsp3) is 0.250. The van der Waals surface area contributed by atoms with E-state index in [1.54, 1.807) is 24.4 Å². The third kappa shape index (κ3) is 5.88. The summed E-state index contributed by atoms with van der Waals surface area (Å²) in [5.41, 5.74) is 2.63. The summed E-state index contributed by atoms with van der Waals surface area (Å²) in [5, 5.41) is 20.9. The summed E-state index contributed by atoms with van der Waals surface area (Å²) < 4.78 is 1.95. The van der Waals surface area contributed by atoms with Crippen LogP contribution in [0.15, 0.2) is 66.4 Å². The number of hydrogen-bond donors (Lipinski definition) is 1. The van der Waals surface area contributed by atoms with Gasteiger partial charge in [0.15, 0.2) is 0 Å². The molecule has 160 valence electrons. The average Bonchev–Trinajstić information content (AvgIpc) is 3.13. The van der Waals surface area contributed by atoms with Gasteiger partial charge in [0.1, 0.15) is 5.82 Å². The van der Waals surface area contributed by atoms with Crippen molar-refractivity contribution in [2.75, 3.05) is 0 Å². The van der Waals surface area contributed by atoms with Crippen LogP contribution in [0.5, 0.6) is 0 Å². The van der Waals surface area contributed by atoms with Crippen LogP contribution >= 0.6 is 0 Å². The van der Waals surface area contributed by atoms with Crippen molar-refractivity contribution >= 4 is 17.7 Å². The molecule has 0 spiro atoms. The molecule has 0 radical (unpaired) electrons. The van der Waals surface area contributed by atoms with Gasteiger partial charge in [0.05, 0.1) is 16.8 Å². The van der Waals surface area contributed by atoms with Crippen molar-refractivity contribution in [3.8, 4) is 0 Å². The Balaban J connectivity index is 1.98. The molecule has 1 aromatic heterocycles. The number of nitro benzene ring substituents is 1. The third-order valence-corrected chi connectivity index (χ3v) is 5.02. The lowest BCUT2D eigenvalue weighted by Crippen LogP contribution is -2.09. The van der Waals surface area contributed by atoms with Gasteiger partial charge in [0.2, 0.25) is 0 Å². The van der Waals surface area contributed by atoms with Crippen LogP contribution in [0.1, 0.15) is 42.4 Å². The van der Waals surface area contributed by atoms with E-state index in [4.69, 9.17) is 0 Å². The molecule has 0 unspecified atom stereocenters. The van der Waals surface area contributed by atoms with Crippen LogP contribution in [0.3, 0.4) is 0 Å². The number of carboxylic acid groups (broad SMARTS) is 1. The number of nitro groups is 1. The van der Waals surface area contributed by atoms with Gasteiger partial charge in [0, 0.05) is 37.1 Å². The Labute approximate surface area is 180 Å². The first-order chi connectivity index (χ1) is 15.0. The van der Waals surface area contributed by atoms with Crippen LogP contribution < -0.4 is 0 Å². The Hall–Kier alpha value is -3.74. The number of imidazole rings is 1. The maximum Gasteiger partial charge on any atom is 0.331 e. The summed E-state index contributed by atoms with van der Waals surface area (Å²) >= 11 is 0. The predicted octanol–water partition coefficient (Wildman–Crippen LogP) is 4.89. The van der Waals surface area contributed by atoms with Gasteiger partial charge >= 0.3 is 5.97 Å². The average molecular weight is 419 g/mol. The molecule has 0 aliphatic carbocycles. The van der Waals surface area contributed by atoms with E-state index in [1.165, 1.54) is 6.07 Å². The number of carbonyl (C=O) groups is 1. The van der Waals surface area contributed by atoms with Gasteiger partial charge < -0.3 is 9.67 Å². The summed E-state index contributed by atoms with van der Waals surface area (Å²) in [6.07, 6.45) is 6.32. The number of aromatic nitrogens is 2. The van der Waals surface area contributed by atoms with Gasteiger partial charge in [0.25, 0.3) is 5.69 Å². The number of aliphatic carboxylic acids is 1. The lowest BCUT2D eigenvalue weighted by Gasteiger charge is -2.11. The molecule has 0 aliphatic rings. The van der Waals surface area contributed by atoms with E-state index in [1.807, 2.05) is 41.0 Å². The van der Waals surface area contributed by atoms with Gasteiger partial charge in [-0.1, -0.05) is 55.8 Å². The molecule has 0 atom stereocenters. The Morgan fingerprint density at radius 1 is 1.16 bits per heavy atom. The monoisotopic (exact) mass is 419 g/mol. The summed E-state index contributed by atoms with van der Waals surface area (Å²) in [6, 6.07) is 15.9. The highest BCUT2D eigenvalue weighted by Crippen LogP contribution is 2.20. The first kappa shape index (κ1) is 22.0. The molecular weight excluding hydrogens is 394 g/mol. The quantitative estimate of drug-likeness (QED) is 0.286. The van der Waals surface area contributed by atoms with E-state index in [0.29, 0.717) is 18.7 Å². The SMILES string of the molecule is CCCCc1ncc(/C=C(\Cc2ccccc2)C(=O)O)n1Cc1cccc([N+](=O)[O-])c1. The molecule has 7 heteroatoms. The minimum absolute atomic E-state index is 0.0279. The van der Waals surface area contributed by atoms with Crippen LogP contribution in [0.25, 0.3) is 6.08 Å². The first-order valence-electron chi connectivity index (χ1n) is 10.2. The van der Waals surface area contributed by atoms with E-state index in [2.05, 4.69) is 11.9 Å². The minimum atomic E-state index is -0.984. The maximum absolute atomic E-state index is 11.9.